The molecule has 1 aromatic heterocycles. The van der Waals surface area contributed by atoms with E-state index in [4.69, 9.17) is 0 Å². The lowest BCUT2D eigenvalue weighted by molar-refractivity contribution is -0.385. The number of imidazole rings is 1. The standard InChI is InChI=1S/C15H14N4O2/c1-10-11(5-4-8-14(10)19(20)21)9-16-15-17-12-6-2-3-7-13(12)18-15/h2-8H,9H2,1H3,(H2,16,17,18). The summed E-state index contributed by atoms with van der Waals surface area (Å²) >= 11 is 0. The van der Waals surface area contributed by atoms with Gasteiger partial charge in [0.05, 0.1) is 16.0 Å². The molecule has 0 amide bonds. The average molecular weight is 282 g/mol. The number of nitrogens with one attached hydrogen (secondary N) is 2. The number of rotatable bonds is 4. The summed E-state index contributed by atoms with van der Waals surface area (Å²) in [6.45, 7) is 2.24. The fourth-order valence-corrected chi connectivity index (χ4v) is 2.27. The van der Waals surface area contributed by atoms with Crippen LogP contribution in [0.3, 0.4) is 0 Å². The smallest absolute Gasteiger partial charge is 0.272 e. The Balaban J connectivity index is 1.81. The third kappa shape index (κ3) is 2.55. The van der Waals surface area contributed by atoms with Crippen molar-refractivity contribution < 1.29 is 4.92 Å². The van der Waals surface area contributed by atoms with Crippen molar-refractivity contribution in [1.29, 1.82) is 0 Å². The summed E-state index contributed by atoms with van der Waals surface area (Å²) in [7, 11) is 0. The van der Waals surface area contributed by atoms with Crippen LogP contribution in [0.2, 0.25) is 0 Å². The van der Waals surface area contributed by atoms with E-state index >= 15 is 0 Å². The average Bonchev–Trinajstić information content (AvgIpc) is 2.88. The number of hydrogen-bond acceptors (Lipinski definition) is 4. The van der Waals surface area contributed by atoms with Crippen molar-refractivity contribution in [1.82, 2.24) is 9.97 Å². The van der Waals surface area contributed by atoms with Crippen LogP contribution in [0.1, 0.15) is 11.1 Å². The molecule has 0 unspecified atom stereocenters. The summed E-state index contributed by atoms with van der Waals surface area (Å²) in [6, 6.07) is 12.8. The van der Waals surface area contributed by atoms with Gasteiger partial charge in [-0.05, 0) is 24.6 Å². The van der Waals surface area contributed by atoms with E-state index in [-0.39, 0.29) is 10.6 Å². The van der Waals surface area contributed by atoms with Crippen LogP contribution in [0, 0.1) is 17.0 Å². The van der Waals surface area contributed by atoms with Gasteiger partial charge in [-0.3, -0.25) is 10.1 Å². The van der Waals surface area contributed by atoms with Crippen LogP contribution < -0.4 is 5.32 Å². The minimum atomic E-state index is -0.361. The number of nitrogens with zero attached hydrogens (tertiary/aromatic N) is 2. The highest BCUT2D eigenvalue weighted by molar-refractivity contribution is 5.77. The van der Waals surface area contributed by atoms with E-state index in [2.05, 4.69) is 15.3 Å². The Morgan fingerprint density at radius 2 is 2.05 bits per heavy atom. The SMILES string of the molecule is Cc1c(CNc2nc3ccccc3[nH]2)cccc1[N+](=O)[O-]. The molecule has 0 spiro atoms. The number of anilines is 1. The molecular formula is C15H14N4O2. The number of nitro groups is 1. The zero-order valence-corrected chi connectivity index (χ0v) is 11.5. The lowest BCUT2D eigenvalue weighted by Gasteiger charge is -2.07. The van der Waals surface area contributed by atoms with E-state index in [0.717, 1.165) is 16.6 Å². The van der Waals surface area contributed by atoms with Crippen molar-refractivity contribution in [2.45, 2.75) is 13.5 Å². The van der Waals surface area contributed by atoms with Crippen molar-refractivity contribution in [3.63, 3.8) is 0 Å². The number of benzene rings is 2. The summed E-state index contributed by atoms with van der Waals surface area (Å²) in [5.74, 6) is 0.655. The van der Waals surface area contributed by atoms with Crippen LogP contribution in [-0.2, 0) is 6.54 Å². The van der Waals surface area contributed by atoms with Gasteiger partial charge < -0.3 is 10.3 Å². The van der Waals surface area contributed by atoms with Gasteiger partial charge in [-0.25, -0.2) is 4.98 Å². The molecule has 1 heterocycles. The fraction of sp³-hybridized carbons (Fsp3) is 0.133. The maximum atomic E-state index is 10.9. The Morgan fingerprint density at radius 1 is 1.24 bits per heavy atom. The number of aromatic nitrogens is 2. The third-order valence-electron chi connectivity index (χ3n) is 3.45. The number of H-pyrrole nitrogens is 1. The van der Waals surface area contributed by atoms with Crippen LogP contribution in [0.25, 0.3) is 11.0 Å². The minimum absolute atomic E-state index is 0.138. The van der Waals surface area contributed by atoms with Crippen molar-refractivity contribution in [3.05, 3.63) is 63.7 Å². The topological polar surface area (TPSA) is 83.8 Å². The molecule has 0 saturated heterocycles. The number of nitro benzene ring substituents is 1. The first-order valence-corrected chi connectivity index (χ1v) is 6.56. The molecule has 0 aliphatic carbocycles. The Kier molecular flexibility index (Phi) is 3.27. The molecular weight excluding hydrogens is 268 g/mol. The Morgan fingerprint density at radius 3 is 2.81 bits per heavy atom. The van der Waals surface area contributed by atoms with Gasteiger partial charge in [0.25, 0.3) is 5.69 Å². The molecule has 0 aliphatic rings. The molecule has 3 rings (SSSR count). The predicted molar refractivity (Wildman–Crippen MR) is 81.3 cm³/mol. The number of hydrogen-bond donors (Lipinski definition) is 2. The van der Waals surface area contributed by atoms with E-state index in [0.29, 0.717) is 18.1 Å². The number of para-hydroxylation sites is 2. The van der Waals surface area contributed by atoms with E-state index in [9.17, 15) is 10.1 Å². The van der Waals surface area contributed by atoms with Crippen molar-refractivity contribution >= 4 is 22.7 Å². The highest BCUT2D eigenvalue weighted by Gasteiger charge is 2.13. The molecule has 0 fully saturated rings. The van der Waals surface area contributed by atoms with E-state index in [1.807, 2.05) is 30.3 Å². The van der Waals surface area contributed by atoms with Crippen molar-refractivity contribution in [3.8, 4) is 0 Å². The van der Waals surface area contributed by atoms with Gasteiger partial charge >= 0.3 is 0 Å². The predicted octanol–water partition coefficient (Wildman–Crippen LogP) is 3.39. The van der Waals surface area contributed by atoms with Crippen LogP contribution in [0.4, 0.5) is 11.6 Å². The van der Waals surface area contributed by atoms with Crippen LogP contribution in [0.5, 0.6) is 0 Å². The molecule has 0 bridgehead atoms. The first-order chi connectivity index (χ1) is 10.1. The second kappa shape index (κ2) is 5.24. The second-order valence-corrected chi connectivity index (χ2v) is 4.77. The summed E-state index contributed by atoms with van der Waals surface area (Å²) in [5.41, 5.74) is 3.53. The van der Waals surface area contributed by atoms with Gasteiger partial charge in [0.15, 0.2) is 0 Å². The van der Waals surface area contributed by atoms with Crippen molar-refractivity contribution in [2.75, 3.05) is 5.32 Å². The number of fused-ring (bicyclic) bond motifs is 1. The molecule has 106 valence electrons. The molecule has 3 aromatic rings. The molecule has 0 saturated carbocycles. The highest BCUT2D eigenvalue weighted by atomic mass is 16.6. The van der Waals surface area contributed by atoms with Crippen LogP contribution >= 0.6 is 0 Å². The molecule has 0 aliphatic heterocycles. The molecule has 6 heteroatoms. The van der Waals surface area contributed by atoms with Gasteiger partial charge in [-0.15, -0.1) is 0 Å². The zero-order valence-electron chi connectivity index (χ0n) is 11.5. The largest absolute Gasteiger partial charge is 0.352 e. The lowest BCUT2D eigenvalue weighted by Crippen LogP contribution is -2.04. The quantitative estimate of drug-likeness (QED) is 0.567. The summed E-state index contributed by atoms with van der Waals surface area (Å²) in [5, 5.41) is 14.1. The molecule has 0 atom stereocenters. The van der Waals surface area contributed by atoms with Crippen LogP contribution in [0.15, 0.2) is 42.5 Å². The third-order valence-corrected chi connectivity index (χ3v) is 3.45. The monoisotopic (exact) mass is 282 g/mol. The van der Waals surface area contributed by atoms with E-state index < -0.39 is 0 Å². The van der Waals surface area contributed by atoms with Gasteiger partial charge in [0, 0.05) is 18.2 Å². The summed E-state index contributed by atoms with van der Waals surface area (Å²) in [4.78, 5) is 18.2. The molecule has 0 radical (unpaired) electrons. The van der Waals surface area contributed by atoms with E-state index in [1.165, 1.54) is 6.07 Å². The Labute approximate surface area is 121 Å². The maximum absolute atomic E-state index is 10.9. The molecule has 21 heavy (non-hydrogen) atoms. The normalized spacial score (nSPS) is 10.7. The highest BCUT2D eigenvalue weighted by Crippen LogP contribution is 2.22. The molecule has 2 aromatic carbocycles. The Bertz CT molecular complexity index is 777. The first-order valence-electron chi connectivity index (χ1n) is 6.56. The van der Waals surface area contributed by atoms with Gasteiger partial charge in [0.1, 0.15) is 0 Å². The lowest BCUT2D eigenvalue weighted by atomic mass is 10.1. The summed E-state index contributed by atoms with van der Waals surface area (Å²) in [6.07, 6.45) is 0. The fourth-order valence-electron chi connectivity index (χ4n) is 2.27. The molecule has 2 N–H and O–H groups in total. The van der Waals surface area contributed by atoms with Gasteiger partial charge in [-0.1, -0.05) is 24.3 Å². The minimum Gasteiger partial charge on any atom is -0.352 e. The number of aromatic amines is 1. The zero-order chi connectivity index (χ0) is 14.8. The first kappa shape index (κ1) is 13.1. The van der Waals surface area contributed by atoms with Crippen LogP contribution in [-0.4, -0.2) is 14.9 Å². The summed E-state index contributed by atoms with van der Waals surface area (Å²) < 4.78 is 0. The van der Waals surface area contributed by atoms with E-state index in [1.54, 1.807) is 13.0 Å². The van der Waals surface area contributed by atoms with Crippen molar-refractivity contribution in [2.24, 2.45) is 0 Å². The van der Waals surface area contributed by atoms with Gasteiger partial charge in [0.2, 0.25) is 5.95 Å². The molecule has 6 nitrogen and oxygen atoms in total. The Hall–Kier alpha value is -2.89. The van der Waals surface area contributed by atoms with Gasteiger partial charge in [-0.2, -0.15) is 0 Å². The maximum Gasteiger partial charge on any atom is 0.272 e. The second-order valence-electron chi connectivity index (χ2n) is 4.77.